The number of amides is 1. The van der Waals surface area contributed by atoms with Gasteiger partial charge in [-0.25, -0.2) is 0 Å². The second kappa shape index (κ2) is 9.43. The number of anilines is 1. The van der Waals surface area contributed by atoms with Crippen LogP contribution in [-0.4, -0.2) is 41.5 Å². The van der Waals surface area contributed by atoms with Crippen molar-refractivity contribution < 1.29 is 14.5 Å². The van der Waals surface area contributed by atoms with Gasteiger partial charge < -0.3 is 10.1 Å². The molecule has 1 heterocycles. The van der Waals surface area contributed by atoms with Gasteiger partial charge in [-0.3, -0.25) is 19.8 Å². The highest BCUT2D eigenvalue weighted by Crippen LogP contribution is 2.22. The quantitative estimate of drug-likeness (QED) is 0.557. The number of nitrogens with zero attached hydrogens (tertiary/aromatic N) is 2. The molecule has 7 heteroatoms. The van der Waals surface area contributed by atoms with Crippen LogP contribution in [0.15, 0.2) is 48.5 Å². The van der Waals surface area contributed by atoms with Crippen LogP contribution in [-0.2, 0) is 16.1 Å². The molecule has 1 fully saturated rings. The Bertz CT molecular complexity index is 820. The molecule has 0 bridgehead atoms. The molecule has 1 amide bonds. The first-order valence-corrected chi connectivity index (χ1v) is 9.44. The van der Waals surface area contributed by atoms with Gasteiger partial charge in [0.2, 0.25) is 5.91 Å². The van der Waals surface area contributed by atoms with Gasteiger partial charge in [0.1, 0.15) is 0 Å². The summed E-state index contributed by atoms with van der Waals surface area (Å²) in [5, 5.41) is 13.8. The van der Waals surface area contributed by atoms with Crippen LogP contribution in [0.5, 0.6) is 0 Å². The Labute approximate surface area is 164 Å². The minimum Gasteiger partial charge on any atom is -0.377 e. The number of rotatable bonds is 8. The fraction of sp³-hybridized carbons (Fsp3) is 0.381. The van der Waals surface area contributed by atoms with Crippen LogP contribution in [0.1, 0.15) is 24.0 Å². The molecular formula is C21H25N3O4. The zero-order chi connectivity index (χ0) is 19.9. The molecule has 7 nitrogen and oxygen atoms in total. The van der Waals surface area contributed by atoms with E-state index in [9.17, 15) is 14.9 Å². The molecule has 148 valence electrons. The Hall–Kier alpha value is -2.77. The fourth-order valence-corrected chi connectivity index (χ4v) is 3.35. The third-order valence-electron chi connectivity index (χ3n) is 4.81. The molecule has 1 aliphatic heterocycles. The fourth-order valence-electron chi connectivity index (χ4n) is 3.35. The van der Waals surface area contributed by atoms with E-state index in [0.717, 1.165) is 30.6 Å². The maximum Gasteiger partial charge on any atom is 0.271 e. The van der Waals surface area contributed by atoms with Crippen LogP contribution < -0.4 is 5.32 Å². The second-order valence-corrected chi connectivity index (χ2v) is 7.09. The Kier molecular flexibility index (Phi) is 6.73. The number of hydrogen-bond acceptors (Lipinski definition) is 5. The van der Waals surface area contributed by atoms with Crippen LogP contribution in [0.4, 0.5) is 11.4 Å². The van der Waals surface area contributed by atoms with Gasteiger partial charge in [0.25, 0.3) is 5.69 Å². The molecule has 1 unspecified atom stereocenters. The van der Waals surface area contributed by atoms with Crippen LogP contribution in [0.3, 0.4) is 0 Å². The van der Waals surface area contributed by atoms with E-state index in [-0.39, 0.29) is 24.2 Å². The topological polar surface area (TPSA) is 84.7 Å². The van der Waals surface area contributed by atoms with Gasteiger partial charge in [0, 0.05) is 31.8 Å². The number of ether oxygens (including phenoxy) is 1. The zero-order valence-corrected chi connectivity index (χ0v) is 16.0. The molecule has 0 spiro atoms. The molecule has 28 heavy (non-hydrogen) atoms. The molecule has 1 atom stereocenters. The summed E-state index contributed by atoms with van der Waals surface area (Å²) in [5.74, 6) is -0.197. The van der Waals surface area contributed by atoms with Gasteiger partial charge in [-0.2, -0.15) is 0 Å². The van der Waals surface area contributed by atoms with Crippen LogP contribution >= 0.6 is 0 Å². The number of non-ortho nitro benzene ring substituents is 1. The van der Waals surface area contributed by atoms with Crippen molar-refractivity contribution in [3.05, 3.63) is 69.8 Å². The SMILES string of the molecule is Cc1ccc([N+](=O)[O-])cc1NC(=O)CN(Cc1ccccc1)CC1CCCO1. The third kappa shape index (κ3) is 5.61. The lowest BCUT2D eigenvalue weighted by Crippen LogP contribution is -2.38. The van der Waals surface area contributed by atoms with Crippen LogP contribution in [0.2, 0.25) is 0 Å². The molecular weight excluding hydrogens is 358 g/mol. The summed E-state index contributed by atoms with van der Waals surface area (Å²) in [6.07, 6.45) is 2.18. The molecule has 0 saturated carbocycles. The average Bonchev–Trinajstić information content (AvgIpc) is 3.17. The predicted octanol–water partition coefficient (Wildman–Crippen LogP) is 3.52. The average molecular weight is 383 g/mol. The molecule has 2 aromatic rings. The van der Waals surface area contributed by atoms with E-state index in [1.807, 2.05) is 37.3 Å². The highest BCUT2D eigenvalue weighted by molar-refractivity contribution is 5.93. The van der Waals surface area contributed by atoms with E-state index in [1.54, 1.807) is 6.07 Å². The molecule has 3 rings (SSSR count). The molecule has 0 aliphatic carbocycles. The number of carbonyl (C=O) groups excluding carboxylic acids is 1. The lowest BCUT2D eigenvalue weighted by molar-refractivity contribution is -0.384. The van der Waals surface area contributed by atoms with Crippen molar-refractivity contribution in [2.45, 2.75) is 32.4 Å². The second-order valence-electron chi connectivity index (χ2n) is 7.09. The number of hydrogen-bond donors (Lipinski definition) is 1. The number of nitro benzene ring substituents is 1. The van der Waals surface area contributed by atoms with E-state index in [1.165, 1.54) is 12.1 Å². The summed E-state index contributed by atoms with van der Waals surface area (Å²) in [6.45, 7) is 4.09. The molecule has 0 aromatic heterocycles. The zero-order valence-electron chi connectivity index (χ0n) is 16.0. The highest BCUT2D eigenvalue weighted by atomic mass is 16.6. The molecule has 1 aliphatic rings. The normalized spacial score (nSPS) is 16.3. The lowest BCUT2D eigenvalue weighted by Gasteiger charge is -2.25. The van der Waals surface area contributed by atoms with Gasteiger partial charge in [0.15, 0.2) is 0 Å². The maximum atomic E-state index is 12.7. The van der Waals surface area contributed by atoms with Gasteiger partial charge >= 0.3 is 0 Å². The molecule has 1 N–H and O–H groups in total. The first-order valence-electron chi connectivity index (χ1n) is 9.44. The molecule has 0 radical (unpaired) electrons. The van der Waals surface area contributed by atoms with Crippen molar-refractivity contribution >= 4 is 17.3 Å². The standard InChI is InChI=1S/C21H25N3O4/c1-16-9-10-18(24(26)27)12-20(16)22-21(25)15-23(14-19-8-5-11-28-19)13-17-6-3-2-4-7-17/h2-4,6-7,9-10,12,19H,5,8,11,13-15H2,1H3,(H,22,25). The number of aryl methyl sites for hydroxylation is 1. The number of nitro groups is 1. The van der Waals surface area contributed by atoms with Gasteiger partial charge in [-0.15, -0.1) is 0 Å². The maximum absolute atomic E-state index is 12.7. The number of nitrogens with one attached hydrogen (secondary N) is 1. The van der Waals surface area contributed by atoms with Crippen LogP contribution in [0, 0.1) is 17.0 Å². The Morgan fingerprint density at radius 3 is 2.75 bits per heavy atom. The minimum absolute atomic E-state index is 0.0404. The van der Waals surface area contributed by atoms with Gasteiger partial charge in [-0.1, -0.05) is 36.4 Å². The summed E-state index contributed by atoms with van der Waals surface area (Å²) >= 11 is 0. The first kappa shape index (κ1) is 20.0. The minimum atomic E-state index is -0.464. The summed E-state index contributed by atoms with van der Waals surface area (Å²) < 4.78 is 5.73. The van der Waals surface area contributed by atoms with Crippen molar-refractivity contribution in [2.24, 2.45) is 0 Å². The highest BCUT2D eigenvalue weighted by Gasteiger charge is 2.21. The van der Waals surface area contributed by atoms with E-state index in [0.29, 0.717) is 18.8 Å². The predicted molar refractivity (Wildman–Crippen MR) is 107 cm³/mol. The van der Waals surface area contributed by atoms with Gasteiger partial charge in [0.05, 0.1) is 23.3 Å². The van der Waals surface area contributed by atoms with Crippen molar-refractivity contribution in [1.29, 1.82) is 0 Å². The Morgan fingerprint density at radius 2 is 2.07 bits per heavy atom. The summed E-state index contributed by atoms with van der Waals surface area (Å²) in [6, 6.07) is 14.5. The first-order chi connectivity index (χ1) is 13.5. The lowest BCUT2D eigenvalue weighted by atomic mass is 10.1. The third-order valence-corrected chi connectivity index (χ3v) is 4.81. The molecule has 1 saturated heterocycles. The Morgan fingerprint density at radius 1 is 1.29 bits per heavy atom. The summed E-state index contributed by atoms with van der Waals surface area (Å²) in [4.78, 5) is 25.3. The van der Waals surface area contributed by atoms with Crippen molar-refractivity contribution in [3.63, 3.8) is 0 Å². The number of carbonyl (C=O) groups is 1. The van der Waals surface area contributed by atoms with Crippen LogP contribution in [0.25, 0.3) is 0 Å². The van der Waals surface area contributed by atoms with E-state index < -0.39 is 4.92 Å². The largest absolute Gasteiger partial charge is 0.377 e. The smallest absolute Gasteiger partial charge is 0.271 e. The van der Waals surface area contributed by atoms with Gasteiger partial charge in [-0.05, 0) is 30.9 Å². The van der Waals surface area contributed by atoms with Crippen molar-refractivity contribution in [3.8, 4) is 0 Å². The molecule has 2 aromatic carbocycles. The number of benzene rings is 2. The van der Waals surface area contributed by atoms with E-state index >= 15 is 0 Å². The monoisotopic (exact) mass is 383 g/mol. The Balaban J connectivity index is 1.67. The van der Waals surface area contributed by atoms with E-state index in [4.69, 9.17) is 4.74 Å². The summed E-state index contributed by atoms with van der Waals surface area (Å²) in [5.41, 5.74) is 2.34. The summed E-state index contributed by atoms with van der Waals surface area (Å²) in [7, 11) is 0. The van der Waals surface area contributed by atoms with Crippen molar-refractivity contribution in [2.75, 3.05) is 25.0 Å². The van der Waals surface area contributed by atoms with Crippen molar-refractivity contribution in [1.82, 2.24) is 4.90 Å². The van der Waals surface area contributed by atoms with E-state index in [2.05, 4.69) is 10.2 Å².